The monoisotopic (exact) mass is 373 g/mol. The fourth-order valence-electron chi connectivity index (χ4n) is 4.13. The molecule has 6 heteroatoms. The van der Waals surface area contributed by atoms with E-state index in [2.05, 4.69) is 39.9 Å². The van der Waals surface area contributed by atoms with Gasteiger partial charge in [0, 0.05) is 32.2 Å². The second-order valence-electron chi connectivity index (χ2n) is 7.27. The summed E-state index contributed by atoms with van der Waals surface area (Å²) in [4.78, 5) is 20.3. The number of piperazine rings is 1. The van der Waals surface area contributed by atoms with Crippen molar-refractivity contribution in [1.82, 2.24) is 19.3 Å². The van der Waals surface area contributed by atoms with Crippen LogP contribution in [0.2, 0.25) is 0 Å². The SMILES string of the molecule is CC(c1ccccc1)n1c2ccccc2n2c(=O)cc(N3CCNCC3)nc12. The number of para-hydroxylation sites is 2. The van der Waals surface area contributed by atoms with Gasteiger partial charge in [-0.15, -0.1) is 0 Å². The van der Waals surface area contributed by atoms with Crippen molar-refractivity contribution in [2.45, 2.75) is 13.0 Å². The molecule has 142 valence electrons. The summed E-state index contributed by atoms with van der Waals surface area (Å²) in [6.45, 7) is 5.69. The molecule has 1 saturated heterocycles. The average Bonchev–Trinajstić information content (AvgIpc) is 3.09. The van der Waals surface area contributed by atoms with Gasteiger partial charge in [-0.25, -0.2) is 4.40 Å². The molecule has 5 rings (SSSR count). The average molecular weight is 373 g/mol. The fourth-order valence-corrected chi connectivity index (χ4v) is 4.13. The summed E-state index contributed by atoms with van der Waals surface area (Å²) < 4.78 is 3.91. The van der Waals surface area contributed by atoms with E-state index in [0.717, 1.165) is 43.0 Å². The number of benzene rings is 2. The van der Waals surface area contributed by atoms with Crippen LogP contribution in [-0.4, -0.2) is 40.1 Å². The van der Waals surface area contributed by atoms with E-state index in [0.29, 0.717) is 5.78 Å². The van der Waals surface area contributed by atoms with Crippen LogP contribution in [0.15, 0.2) is 65.5 Å². The molecule has 0 radical (unpaired) electrons. The first-order valence-corrected chi connectivity index (χ1v) is 9.77. The van der Waals surface area contributed by atoms with E-state index in [9.17, 15) is 4.79 Å². The lowest BCUT2D eigenvalue weighted by Gasteiger charge is -2.28. The van der Waals surface area contributed by atoms with Gasteiger partial charge in [-0.05, 0) is 24.6 Å². The summed E-state index contributed by atoms with van der Waals surface area (Å²) in [6, 6.07) is 20.1. The Bertz CT molecular complexity index is 1190. The molecule has 1 unspecified atom stereocenters. The first kappa shape index (κ1) is 17.0. The van der Waals surface area contributed by atoms with E-state index >= 15 is 0 Å². The maximum Gasteiger partial charge on any atom is 0.261 e. The molecule has 28 heavy (non-hydrogen) atoms. The molecule has 0 spiro atoms. The number of anilines is 1. The van der Waals surface area contributed by atoms with Crippen molar-refractivity contribution >= 4 is 22.6 Å². The van der Waals surface area contributed by atoms with Crippen LogP contribution in [-0.2, 0) is 0 Å². The highest BCUT2D eigenvalue weighted by atomic mass is 16.1. The molecule has 0 bridgehead atoms. The van der Waals surface area contributed by atoms with Crippen molar-refractivity contribution < 1.29 is 0 Å². The van der Waals surface area contributed by atoms with Crippen molar-refractivity contribution in [2.75, 3.05) is 31.1 Å². The highest BCUT2D eigenvalue weighted by molar-refractivity contribution is 5.81. The molecule has 2 aromatic heterocycles. The molecule has 2 aromatic carbocycles. The molecule has 6 nitrogen and oxygen atoms in total. The summed E-state index contributed by atoms with van der Waals surface area (Å²) >= 11 is 0. The molecule has 0 amide bonds. The summed E-state index contributed by atoms with van der Waals surface area (Å²) in [5.74, 6) is 1.45. The summed E-state index contributed by atoms with van der Waals surface area (Å²) in [7, 11) is 0. The van der Waals surface area contributed by atoms with Gasteiger partial charge in [0.25, 0.3) is 5.56 Å². The second-order valence-corrected chi connectivity index (χ2v) is 7.27. The molecule has 1 aliphatic rings. The quantitative estimate of drug-likeness (QED) is 0.600. The van der Waals surface area contributed by atoms with Crippen LogP contribution in [0.4, 0.5) is 5.82 Å². The van der Waals surface area contributed by atoms with E-state index in [1.54, 1.807) is 10.5 Å². The first-order valence-electron chi connectivity index (χ1n) is 9.77. The molecule has 4 aromatic rings. The van der Waals surface area contributed by atoms with Gasteiger partial charge in [-0.2, -0.15) is 4.98 Å². The Morgan fingerprint density at radius 1 is 0.964 bits per heavy atom. The molecule has 1 aliphatic heterocycles. The van der Waals surface area contributed by atoms with Gasteiger partial charge in [-0.3, -0.25) is 4.79 Å². The summed E-state index contributed by atoms with van der Waals surface area (Å²) in [5.41, 5.74) is 3.06. The van der Waals surface area contributed by atoms with Crippen molar-refractivity contribution in [3.63, 3.8) is 0 Å². The van der Waals surface area contributed by atoms with Crippen LogP contribution < -0.4 is 15.8 Å². The molecule has 0 saturated carbocycles. The Balaban J connectivity index is 1.79. The van der Waals surface area contributed by atoms with Crippen LogP contribution in [0.25, 0.3) is 16.8 Å². The summed E-state index contributed by atoms with van der Waals surface area (Å²) in [5, 5.41) is 3.35. The van der Waals surface area contributed by atoms with Crippen LogP contribution in [0.5, 0.6) is 0 Å². The van der Waals surface area contributed by atoms with Crippen molar-refractivity contribution in [2.24, 2.45) is 0 Å². The molecule has 1 atom stereocenters. The number of nitrogens with one attached hydrogen (secondary N) is 1. The minimum atomic E-state index is -0.0336. The van der Waals surface area contributed by atoms with E-state index in [-0.39, 0.29) is 11.6 Å². The third kappa shape index (κ3) is 2.68. The lowest BCUT2D eigenvalue weighted by atomic mass is 10.1. The standard InChI is InChI=1S/C22H23N5O/c1-16(17-7-3-2-4-8-17)26-18-9-5-6-10-19(18)27-21(28)15-20(24-22(26)27)25-13-11-23-12-14-25/h2-10,15-16,23H,11-14H2,1H3. The van der Waals surface area contributed by atoms with Gasteiger partial charge >= 0.3 is 0 Å². The third-order valence-electron chi connectivity index (χ3n) is 5.60. The number of nitrogens with zero attached hydrogens (tertiary/aromatic N) is 4. The molecule has 1 N–H and O–H groups in total. The van der Waals surface area contributed by atoms with Gasteiger partial charge in [0.1, 0.15) is 5.82 Å². The normalized spacial score (nSPS) is 16.0. The highest BCUT2D eigenvalue weighted by Gasteiger charge is 2.21. The van der Waals surface area contributed by atoms with Crippen LogP contribution in [0.1, 0.15) is 18.5 Å². The largest absolute Gasteiger partial charge is 0.354 e. The van der Waals surface area contributed by atoms with E-state index in [4.69, 9.17) is 4.98 Å². The minimum absolute atomic E-state index is 0.0336. The Kier molecular flexibility index (Phi) is 4.13. The van der Waals surface area contributed by atoms with Gasteiger partial charge in [0.2, 0.25) is 5.78 Å². The van der Waals surface area contributed by atoms with Crippen molar-refractivity contribution in [3.8, 4) is 0 Å². The Morgan fingerprint density at radius 2 is 1.64 bits per heavy atom. The van der Waals surface area contributed by atoms with E-state index in [1.165, 1.54) is 5.56 Å². The van der Waals surface area contributed by atoms with Gasteiger partial charge in [0.05, 0.1) is 17.1 Å². The maximum atomic E-state index is 13.1. The molecule has 1 fully saturated rings. The smallest absolute Gasteiger partial charge is 0.261 e. The second kappa shape index (κ2) is 6.80. The maximum absolute atomic E-state index is 13.1. The topological polar surface area (TPSA) is 54.6 Å². The molecular weight excluding hydrogens is 350 g/mol. The number of rotatable bonds is 3. The Morgan fingerprint density at radius 3 is 2.39 bits per heavy atom. The number of aromatic nitrogens is 3. The van der Waals surface area contributed by atoms with Crippen LogP contribution in [0, 0.1) is 0 Å². The zero-order chi connectivity index (χ0) is 19.1. The zero-order valence-corrected chi connectivity index (χ0v) is 15.9. The van der Waals surface area contributed by atoms with Crippen molar-refractivity contribution in [3.05, 3.63) is 76.6 Å². The first-order chi connectivity index (χ1) is 13.7. The molecule has 0 aliphatic carbocycles. The lowest BCUT2D eigenvalue weighted by Crippen LogP contribution is -2.44. The van der Waals surface area contributed by atoms with E-state index < -0.39 is 0 Å². The Labute approximate surface area is 163 Å². The van der Waals surface area contributed by atoms with E-state index in [1.807, 2.05) is 36.4 Å². The zero-order valence-electron chi connectivity index (χ0n) is 15.9. The molecular formula is C22H23N5O. The fraction of sp³-hybridized carbons (Fsp3) is 0.273. The van der Waals surface area contributed by atoms with Crippen molar-refractivity contribution in [1.29, 1.82) is 0 Å². The number of hydrogen-bond acceptors (Lipinski definition) is 4. The highest BCUT2D eigenvalue weighted by Crippen LogP contribution is 2.28. The third-order valence-corrected chi connectivity index (χ3v) is 5.60. The predicted molar refractivity (Wildman–Crippen MR) is 112 cm³/mol. The van der Waals surface area contributed by atoms with Crippen LogP contribution in [0.3, 0.4) is 0 Å². The predicted octanol–water partition coefficient (Wildman–Crippen LogP) is 2.67. The Hall–Kier alpha value is -3.12. The van der Waals surface area contributed by atoms with Crippen LogP contribution >= 0.6 is 0 Å². The van der Waals surface area contributed by atoms with Gasteiger partial charge in [-0.1, -0.05) is 42.5 Å². The number of hydrogen-bond donors (Lipinski definition) is 1. The molecule has 3 heterocycles. The minimum Gasteiger partial charge on any atom is -0.354 e. The summed E-state index contributed by atoms with van der Waals surface area (Å²) in [6.07, 6.45) is 0. The van der Waals surface area contributed by atoms with Gasteiger partial charge < -0.3 is 14.8 Å². The van der Waals surface area contributed by atoms with Gasteiger partial charge in [0.15, 0.2) is 0 Å². The number of fused-ring (bicyclic) bond motifs is 3. The lowest BCUT2D eigenvalue weighted by molar-refractivity contribution is 0.583. The number of imidazole rings is 1.